The summed E-state index contributed by atoms with van der Waals surface area (Å²) in [5, 5.41) is 0. The molecule has 0 aromatic heterocycles. The van der Waals surface area contributed by atoms with E-state index in [4.69, 9.17) is 15.2 Å². The minimum absolute atomic E-state index is 0.210. The highest BCUT2D eigenvalue weighted by Crippen LogP contribution is 2.19. The lowest BCUT2D eigenvalue weighted by Crippen LogP contribution is -2.11. The van der Waals surface area contributed by atoms with E-state index in [2.05, 4.69) is 6.92 Å². The van der Waals surface area contributed by atoms with Crippen LogP contribution in [0.5, 0.6) is 5.75 Å². The number of hydrogen-bond donors (Lipinski definition) is 1. The number of unbranched alkanes of at least 4 members (excludes halogenated alkanes) is 5. The zero-order valence-electron chi connectivity index (χ0n) is 13.0. The number of rotatable bonds is 11. The van der Waals surface area contributed by atoms with Crippen molar-refractivity contribution in [2.75, 3.05) is 18.9 Å². The largest absolute Gasteiger partial charge is 0.491 e. The lowest BCUT2D eigenvalue weighted by atomic mass is 10.1. The van der Waals surface area contributed by atoms with Crippen LogP contribution < -0.4 is 10.5 Å². The molecule has 1 rings (SSSR count). The third-order valence-corrected chi connectivity index (χ3v) is 3.24. The second-order valence-electron chi connectivity index (χ2n) is 5.12. The molecule has 0 amide bonds. The first kappa shape index (κ1) is 17.3. The number of anilines is 1. The Morgan fingerprint density at radius 1 is 1.05 bits per heavy atom. The van der Waals surface area contributed by atoms with Gasteiger partial charge in [0.25, 0.3) is 0 Å². The molecule has 0 spiro atoms. The molecule has 0 aliphatic heterocycles. The number of hydrogen-bond acceptors (Lipinski definition) is 4. The topological polar surface area (TPSA) is 61.5 Å². The fraction of sp³-hybridized carbons (Fsp3) is 0.588. The minimum Gasteiger partial charge on any atom is -0.491 e. The summed E-state index contributed by atoms with van der Waals surface area (Å²) in [6.07, 6.45) is 7.37. The van der Waals surface area contributed by atoms with Crippen LogP contribution in [0.15, 0.2) is 24.3 Å². The molecule has 2 N–H and O–H groups in total. The molecule has 0 bridgehead atoms. The van der Waals surface area contributed by atoms with Gasteiger partial charge in [-0.2, -0.15) is 0 Å². The van der Waals surface area contributed by atoms with Gasteiger partial charge in [0.05, 0.1) is 25.3 Å². The molecular formula is C17H27NO3. The average Bonchev–Trinajstić information content (AvgIpc) is 2.48. The summed E-state index contributed by atoms with van der Waals surface area (Å²) >= 11 is 0. The molecule has 4 nitrogen and oxygen atoms in total. The fourth-order valence-electron chi connectivity index (χ4n) is 2.00. The van der Waals surface area contributed by atoms with Gasteiger partial charge in [0.15, 0.2) is 0 Å². The van der Waals surface area contributed by atoms with E-state index in [0.29, 0.717) is 24.7 Å². The Kier molecular flexibility index (Phi) is 9.09. The van der Waals surface area contributed by atoms with Crippen LogP contribution in [0.25, 0.3) is 0 Å². The average molecular weight is 293 g/mol. The number of carbonyl (C=O) groups excluding carboxylic acids is 1. The first-order valence-corrected chi connectivity index (χ1v) is 7.87. The fourth-order valence-corrected chi connectivity index (χ4v) is 2.00. The van der Waals surface area contributed by atoms with Gasteiger partial charge < -0.3 is 15.2 Å². The number of nitrogen functional groups attached to an aromatic ring is 1. The van der Waals surface area contributed by atoms with Crippen LogP contribution in [-0.4, -0.2) is 19.2 Å². The minimum atomic E-state index is -0.210. The number of benzene rings is 1. The maximum atomic E-state index is 11.5. The highest BCUT2D eigenvalue weighted by molar-refractivity contribution is 5.69. The standard InChI is InChI=1S/C17H27NO3/c1-2-3-4-5-6-9-13-21-17(19)12-14-20-16-11-8-7-10-15(16)18/h7-8,10-11H,2-6,9,12-14,18H2,1H3. The number of esters is 1. The number of para-hydroxylation sites is 2. The summed E-state index contributed by atoms with van der Waals surface area (Å²) in [6, 6.07) is 7.25. The van der Waals surface area contributed by atoms with E-state index >= 15 is 0 Å². The molecular weight excluding hydrogens is 266 g/mol. The molecule has 0 heterocycles. The van der Waals surface area contributed by atoms with Crippen LogP contribution in [0.3, 0.4) is 0 Å². The summed E-state index contributed by atoms with van der Waals surface area (Å²) in [5.74, 6) is 0.402. The van der Waals surface area contributed by atoms with Crippen LogP contribution in [0.1, 0.15) is 51.9 Å². The summed E-state index contributed by atoms with van der Waals surface area (Å²) in [7, 11) is 0. The molecule has 1 aromatic rings. The quantitative estimate of drug-likeness (QED) is 0.381. The van der Waals surface area contributed by atoms with Crippen molar-refractivity contribution in [1.29, 1.82) is 0 Å². The summed E-state index contributed by atoms with van der Waals surface area (Å²) in [5.41, 5.74) is 6.33. The molecule has 0 radical (unpaired) electrons. The third-order valence-electron chi connectivity index (χ3n) is 3.24. The smallest absolute Gasteiger partial charge is 0.309 e. The van der Waals surface area contributed by atoms with Gasteiger partial charge in [-0.05, 0) is 18.6 Å². The molecule has 0 fully saturated rings. The van der Waals surface area contributed by atoms with E-state index in [-0.39, 0.29) is 12.4 Å². The molecule has 21 heavy (non-hydrogen) atoms. The molecule has 0 saturated heterocycles. The first-order valence-electron chi connectivity index (χ1n) is 7.87. The van der Waals surface area contributed by atoms with Crippen molar-refractivity contribution in [1.82, 2.24) is 0 Å². The second-order valence-corrected chi connectivity index (χ2v) is 5.12. The van der Waals surface area contributed by atoms with Gasteiger partial charge in [-0.25, -0.2) is 0 Å². The van der Waals surface area contributed by atoms with Crippen molar-refractivity contribution in [3.8, 4) is 5.75 Å². The zero-order chi connectivity index (χ0) is 15.3. The van der Waals surface area contributed by atoms with Gasteiger partial charge in [0.1, 0.15) is 5.75 Å². The lowest BCUT2D eigenvalue weighted by molar-refractivity contribution is -0.144. The predicted octanol–water partition coefficient (Wildman–Crippen LogP) is 3.94. The summed E-state index contributed by atoms with van der Waals surface area (Å²) in [4.78, 5) is 11.5. The Balaban J connectivity index is 2.00. The molecule has 4 heteroatoms. The Morgan fingerprint density at radius 2 is 1.76 bits per heavy atom. The van der Waals surface area contributed by atoms with Crippen LogP contribution in [0.2, 0.25) is 0 Å². The highest BCUT2D eigenvalue weighted by atomic mass is 16.5. The van der Waals surface area contributed by atoms with Crippen molar-refractivity contribution in [3.63, 3.8) is 0 Å². The maximum absolute atomic E-state index is 11.5. The monoisotopic (exact) mass is 293 g/mol. The van der Waals surface area contributed by atoms with Crippen LogP contribution in [0, 0.1) is 0 Å². The van der Waals surface area contributed by atoms with E-state index in [9.17, 15) is 4.79 Å². The molecule has 0 saturated carbocycles. The Labute approximate surface area is 127 Å². The lowest BCUT2D eigenvalue weighted by Gasteiger charge is -2.08. The van der Waals surface area contributed by atoms with Crippen LogP contribution in [-0.2, 0) is 9.53 Å². The van der Waals surface area contributed by atoms with Gasteiger partial charge in [0.2, 0.25) is 0 Å². The molecule has 0 unspecified atom stereocenters. The molecule has 1 aromatic carbocycles. The number of nitrogens with two attached hydrogens (primary N) is 1. The highest BCUT2D eigenvalue weighted by Gasteiger charge is 2.04. The van der Waals surface area contributed by atoms with Crippen molar-refractivity contribution in [2.24, 2.45) is 0 Å². The van der Waals surface area contributed by atoms with E-state index in [1.54, 1.807) is 12.1 Å². The van der Waals surface area contributed by atoms with E-state index < -0.39 is 0 Å². The summed E-state index contributed by atoms with van der Waals surface area (Å²) in [6.45, 7) is 3.01. The van der Waals surface area contributed by atoms with Crippen molar-refractivity contribution >= 4 is 11.7 Å². The Bertz CT molecular complexity index is 407. The second kappa shape index (κ2) is 11.0. The molecule has 0 atom stereocenters. The van der Waals surface area contributed by atoms with Crippen molar-refractivity contribution < 1.29 is 14.3 Å². The van der Waals surface area contributed by atoms with Crippen molar-refractivity contribution in [3.05, 3.63) is 24.3 Å². The number of ether oxygens (including phenoxy) is 2. The number of carbonyl (C=O) groups is 1. The van der Waals surface area contributed by atoms with E-state index in [0.717, 1.165) is 12.8 Å². The van der Waals surface area contributed by atoms with Gasteiger partial charge in [-0.1, -0.05) is 51.2 Å². The third kappa shape index (κ3) is 8.23. The van der Waals surface area contributed by atoms with Crippen LogP contribution >= 0.6 is 0 Å². The maximum Gasteiger partial charge on any atom is 0.309 e. The van der Waals surface area contributed by atoms with Gasteiger partial charge in [-0.15, -0.1) is 0 Å². The van der Waals surface area contributed by atoms with Gasteiger partial charge >= 0.3 is 5.97 Å². The van der Waals surface area contributed by atoms with Crippen molar-refractivity contribution in [2.45, 2.75) is 51.9 Å². The Morgan fingerprint density at radius 3 is 2.52 bits per heavy atom. The van der Waals surface area contributed by atoms with E-state index in [1.807, 2.05) is 12.1 Å². The molecule has 0 aliphatic carbocycles. The molecule has 0 aliphatic rings. The van der Waals surface area contributed by atoms with Crippen LogP contribution in [0.4, 0.5) is 5.69 Å². The first-order chi connectivity index (χ1) is 10.2. The summed E-state index contributed by atoms with van der Waals surface area (Å²) < 4.78 is 10.6. The molecule has 118 valence electrons. The zero-order valence-corrected chi connectivity index (χ0v) is 13.0. The Hall–Kier alpha value is -1.71. The normalized spacial score (nSPS) is 10.3. The predicted molar refractivity (Wildman–Crippen MR) is 85.3 cm³/mol. The van der Waals surface area contributed by atoms with Gasteiger partial charge in [-0.3, -0.25) is 4.79 Å². The van der Waals surface area contributed by atoms with E-state index in [1.165, 1.54) is 25.7 Å². The van der Waals surface area contributed by atoms with Gasteiger partial charge in [0, 0.05) is 0 Å². The SMILES string of the molecule is CCCCCCCCOC(=O)CCOc1ccccc1N.